The van der Waals surface area contributed by atoms with E-state index in [0.717, 1.165) is 57.8 Å². The van der Waals surface area contributed by atoms with Gasteiger partial charge in [-0.05, 0) is 38.5 Å². The van der Waals surface area contributed by atoms with Gasteiger partial charge in [-0.15, -0.1) is 0 Å². The molecule has 1 amide bonds. The molecule has 0 bridgehead atoms. The minimum absolute atomic E-state index is 0.149. The van der Waals surface area contributed by atoms with Crippen LogP contribution in [0.4, 0.5) is 0 Å². The number of hydrogen-bond donors (Lipinski definition) is 4. The van der Waals surface area contributed by atoms with E-state index >= 15 is 0 Å². The van der Waals surface area contributed by atoms with E-state index < -0.39 is 57.6 Å². The van der Waals surface area contributed by atoms with E-state index in [1.54, 1.807) is 0 Å². The summed E-state index contributed by atoms with van der Waals surface area (Å²) in [7, 11) is -4.74. The summed E-state index contributed by atoms with van der Waals surface area (Å²) in [5.74, 6) is -2.38. The van der Waals surface area contributed by atoms with Crippen molar-refractivity contribution in [3.05, 3.63) is 12.2 Å². The van der Waals surface area contributed by atoms with Crippen molar-refractivity contribution in [3.8, 4) is 0 Å². The van der Waals surface area contributed by atoms with Gasteiger partial charge in [0.1, 0.15) is 12.7 Å². The number of aliphatic hydroxyl groups excluding tert-OH is 1. The number of phosphoric ester groups is 1. The summed E-state index contributed by atoms with van der Waals surface area (Å²) in [6.07, 6.45) is 29.6. The van der Waals surface area contributed by atoms with Gasteiger partial charge in [0.25, 0.3) is 0 Å². The third kappa shape index (κ3) is 33.1. The molecule has 0 aliphatic carbocycles. The summed E-state index contributed by atoms with van der Waals surface area (Å²) >= 11 is 0. The third-order valence-corrected chi connectivity index (χ3v) is 9.26. The predicted octanol–water partition coefficient (Wildman–Crippen LogP) is 8.94. The number of unbranched alkanes of at least 4 members (excludes halogenated alkanes) is 20. The maximum atomic E-state index is 12.2. The Morgan fingerprint density at radius 3 is 1.55 bits per heavy atom. The summed E-state index contributed by atoms with van der Waals surface area (Å²) in [4.78, 5) is 45.6. The van der Waals surface area contributed by atoms with Gasteiger partial charge < -0.3 is 25.2 Å². The number of ether oxygens (including phenoxy) is 1. The fourth-order valence-electron chi connectivity index (χ4n) is 5.25. The van der Waals surface area contributed by atoms with Gasteiger partial charge in [0, 0.05) is 12.8 Å². The highest BCUT2D eigenvalue weighted by atomic mass is 31.2. The molecule has 0 aliphatic rings. The highest BCUT2D eigenvalue weighted by molar-refractivity contribution is 7.47. The molecule has 3 unspecified atom stereocenters. The first-order valence-corrected chi connectivity index (χ1v) is 20.7. The largest absolute Gasteiger partial charge is 0.480 e. The zero-order chi connectivity index (χ0) is 36.4. The van der Waals surface area contributed by atoms with Crippen LogP contribution in [0.25, 0.3) is 0 Å². The van der Waals surface area contributed by atoms with Gasteiger partial charge in [-0.3, -0.25) is 18.6 Å². The lowest BCUT2D eigenvalue weighted by Gasteiger charge is -2.18. The lowest BCUT2D eigenvalue weighted by molar-refractivity contribution is -0.147. The molecule has 49 heavy (non-hydrogen) atoms. The monoisotopic (exact) mass is 719 g/mol. The average molecular weight is 720 g/mol. The number of amides is 1. The van der Waals surface area contributed by atoms with Crippen LogP contribution in [0.3, 0.4) is 0 Å². The molecule has 12 heteroatoms. The fourth-order valence-corrected chi connectivity index (χ4v) is 6.02. The Balaban J connectivity index is 3.96. The van der Waals surface area contributed by atoms with E-state index in [1.807, 2.05) is 0 Å². The van der Waals surface area contributed by atoms with E-state index in [2.05, 4.69) is 31.3 Å². The number of carbonyl (C=O) groups excluding carboxylic acids is 2. The summed E-state index contributed by atoms with van der Waals surface area (Å²) < 4.78 is 26.7. The number of esters is 1. The zero-order valence-corrected chi connectivity index (χ0v) is 31.6. The zero-order valence-electron chi connectivity index (χ0n) is 30.8. The molecule has 0 saturated heterocycles. The standard InChI is InChI=1S/C37H70NO10P/c1-3-5-7-9-11-13-15-16-17-19-21-23-25-27-29-36(41)46-30-33(39)31-47-49(44,45)48-32-34(37(42)43)38-35(40)28-26-24-22-20-18-14-12-10-8-6-4-2/h15-16,33-34,39H,3-14,17-32H2,1-2H3,(H,38,40)(H,42,43)(H,44,45)/b16-15-. The maximum Gasteiger partial charge on any atom is 0.472 e. The number of hydrogen-bond acceptors (Lipinski definition) is 8. The van der Waals surface area contributed by atoms with Crippen molar-refractivity contribution >= 4 is 25.7 Å². The maximum absolute atomic E-state index is 12.2. The number of aliphatic hydroxyl groups is 1. The highest BCUT2D eigenvalue weighted by Gasteiger charge is 2.28. The van der Waals surface area contributed by atoms with E-state index in [9.17, 15) is 34.1 Å². The molecule has 288 valence electrons. The van der Waals surface area contributed by atoms with E-state index in [1.165, 1.54) is 77.0 Å². The molecule has 0 saturated carbocycles. The van der Waals surface area contributed by atoms with Crippen molar-refractivity contribution in [2.75, 3.05) is 19.8 Å². The quantitative estimate of drug-likeness (QED) is 0.0212. The van der Waals surface area contributed by atoms with E-state index in [0.29, 0.717) is 12.8 Å². The van der Waals surface area contributed by atoms with Crippen molar-refractivity contribution in [2.24, 2.45) is 0 Å². The molecule has 0 spiro atoms. The minimum atomic E-state index is -4.74. The van der Waals surface area contributed by atoms with Crippen molar-refractivity contribution in [3.63, 3.8) is 0 Å². The molecule has 4 N–H and O–H groups in total. The number of carboxylic acid groups (broad SMARTS) is 1. The first kappa shape index (κ1) is 47.2. The Morgan fingerprint density at radius 2 is 1.06 bits per heavy atom. The van der Waals surface area contributed by atoms with Crippen molar-refractivity contribution < 1.29 is 47.8 Å². The van der Waals surface area contributed by atoms with Crippen LogP contribution in [0.2, 0.25) is 0 Å². The topological polar surface area (TPSA) is 169 Å². The highest BCUT2D eigenvalue weighted by Crippen LogP contribution is 2.43. The molecule has 11 nitrogen and oxygen atoms in total. The average Bonchev–Trinajstić information content (AvgIpc) is 3.07. The minimum Gasteiger partial charge on any atom is -0.480 e. The van der Waals surface area contributed by atoms with Crippen LogP contribution in [0.5, 0.6) is 0 Å². The van der Waals surface area contributed by atoms with Gasteiger partial charge in [0.05, 0.1) is 13.2 Å². The number of carbonyl (C=O) groups is 3. The van der Waals surface area contributed by atoms with Crippen LogP contribution < -0.4 is 5.32 Å². The molecule has 0 aromatic carbocycles. The second-order valence-electron chi connectivity index (χ2n) is 13.1. The van der Waals surface area contributed by atoms with Gasteiger partial charge in [-0.25, -0.2) is 9.36 Å². The van der Waals surface area contributed by atoms with E-state index in [-0.39, 0.29) is 12.8 Å². The molecular formula is C37H70NO10P. The number of aliphatic carboxylic acids is 1. The summed E-state index contributed by atoms with van der Waals surface area (Å²) in [6.45, 7) is 2.54. The Hall–Kier alpha value is -1.78. The molecule has 0 aromatic heterocycles. The molecule has 0 aromatic rings. The van der Waals surface area contributed by atoms with Crippen molar-refractivity contribution in [1.82, 2.24) is 5.32 Å². The summed E-state index contributed by atoms with van der Waals surface area (Å²) in [5.41, 5.74) is 0. The lowest BCUT2D eigenvalue weighted by Crippen LogP contribution is -2.43. The van der Waals surface area contributed by atoms with Crippen LogP contribution >= 0.6 is 7.82 Å². The molecule has 3 atom stereocenters. The third-order valence-electron chi connectivity index (χ3n) is 8.30. The number of carboxylic acids is 1. The van der Waals surface area contributed by atoms with Crippen LogP contribution in [0.15, 0.2) is 12.2 Å². The van der Waals surface area contributed by atoms with Crippen molar-refractivity contribution in [2.45, 2.75) is 187 Å². The van der Waals surface area contributed by atoms with Crippen LogP contribution in [0, 0.1) is 0 Å². The van der Waals surface area contributed by atoms with E-state index in [4.69, 9.17) is 13.8 Å². The molecule has 0 aliphatic heterocycles. The van der Waals surface area contributed by atoms with Gasteiger partial charge in [0.2, 0.25) is 5.91 Å². The van der Waals surface area contributed by atoms with Crippen LogP contribution in [-0.2, 0) is 32.7 Å². The second-order valence-corrected chi connectivity index (χ2v) is 14.6. The van der Waals surface area contributed by atoms with Crippen molar-refractivity contribution in [1.29, 1.82) is 0 Å². The number of rotatable bonds is 36. The normalized spacial score (nSPS) is 14.0. The number of allylic oxidation sites excluding steroid dienone is 2. The fraction of sp³-hybridized carbons (Fsp3) is 0.865. The Bertz CT molecular complexity index is 900. The Morgan fingerprint density at radius 1 is 0.633 bits per heavy atom. The number of nitrogens with one attached hydrogen (secondary N) is 1. The summed E-state index contributed by atoms with van der Waals surface area (Å²) in [5, 5.41) is 21.7. The SMILES string of the molecule is CCCCCCC/C=C\CCCCCCCC(=O)OCC(O)COP(=O)(O)OCC(NC(=O)CCCCCCCCCCCCC)C(=O)O. The summed E-state index contributed by atoms with van der Waals surface area (Å²) in [6, 6.07) is -1.54. The Kier molecular flexibility index (Phi) is 32.2. The smallest absolute Gasteiger partial charge is 0.472 e. The Labute approximate surface area is 296 Å². The first-order chi connectivity index (χ1) is 23.6. The molecule has 0 rings (SSSR count). The number of phosphoric acid groups is 1. The van der Waals surface area contributed by atoms with Crippen LogP contribution in [0.1, 0.15) is 174 Å². The predicted molar refractivity (Wildman–Crippen MR) is 194 cm³/mol. The van der Waals surface area contributed by atoms with Gasteiger partial charge in [0.15, 0.2) is 6.04 Å². The first-order valence-electron chi connectivity index (χ1n) is 19.2. The molecule has 0 heterocycles. The molecular weight excluding hydrogens is 649 g/mol. The van der Waals surface area contributed by atoms with Gasteiger partial charge >= 0.3 is 19.8 Å². The van der Waals surface area contributed by atoms with Gasteiger partial charge in [-0.2, -0.15) is 0 Å². The molecule has 0 radical (unpaired) electrons. The van der Waals surface area contributed by atoms with Crippen LogP contribution in [-0.4, -0.2) is 64.9 Å². The second kappa shape index (κ2) is 33.4. The molecule has 0 fully saturated rings. The lowest BCUT2D eigenvalue weighted by atomic mass is 10.1. The van der Waals surface area contributed by atoms with Gasteiger partial charge in [-0.1, -0.05) is 135 Å².